The molecular weight excluding hydrogens is 236 g/mol. The average Bonchev–Trinajstić information content (AvgIpc) is 2.37. The number of carbonyl (C=O) groups is 2. The van der Waals surface area contributed by atoms with Crippen LogP contribution in [-0.4, -0.2) is 37.3 Å². The number of carboxylic acids is 1. The summed E-state index contributed by atoms with van der Waals surface area (Å²) in [7, 11) is 3.09. The lowest BCUT2D eigenvalue weighted by Crippen LogP contribution is -2.45. The summed E-state index contributed by atoms with van der Waals surface area (Å²) >= 11 is 0. The van der Waals surface area contributed by atoms with Gasteiger partial charge in [-0.2, -0.15) is 0 Å². The van der Waals surface area contributed by atoms with Gasteiger partial charge in [0.05, 0.1) is 7.11 Å². The highest BCUT2D eigenvalue weighted by atomic mass is 16.5. The topological polar surface area (TPSA) is 78.9 Å². The van der Waals surface area contributed by atoms with Crippen molar-refractivity contribution in [3.05, 3.63) is 24.3 Å². The minimum absolute atomic E-state index is 0.488. The third-order valence-corrected chi connectivity index (χ3v) is 2.46. The maximum Gasteiger partial charge on any atom is 0.325 e. The van der Waals surface area contributed by atoms with Crippen molar-refractivity contribution in [1.82, 2.24) is 5.32 Å². The van der Waals surface area contributed by atoms with E-state index in [4.69, 9.17) is 9.84 Å². The Morgan fingerprint density at radius 3 is 2.67 bits per heavy atom. The van der Waals surface area contributed by atoms with Crippen LogP contribution in [0.1, 0.15) is 6.92 Å². The van der Waals surface area contributed by atoms with Crippen LogP contribution in [0.25, 0.3) is 0 Å². The number of rotatable bonds is 4. The molecule has 0 radical (unpaired) electrons. The van der Waals surface area contributed by atoms with E-state index in [9.17, 15) is 9.59 Å². The number of amides is 2. The molecule has 0 spiro atoms. The van der Waals surface area contributed by atoms with Gasteiger partial charge in [-0.1, -0.05) is 6.07 Å². The molecule has 1 rings (SSSR count). The molecular formula is C12H16N2O4. The Labute approximate surface area is 105 Å². The monoisotopic (exact) mass is 252 g/mol. The lowest BCUT2D eigenvalue weighted by atomic mass is 10.3. The number of hydrogen-bond donors (Lipinski definition) is 2. The van der Waals surface area contributed by atoms with E-state index >= 15 is 0 Å². The lowest BCUT2D eigenvalue weighted by molar-refractivity contribution is -0.138. The van der Waals surface area contributed by atoms with E-state index in [2.05, 4.69) is 5.32 Å². The van der Waals surface area contributed by atoms with Crippen molar-refractivity contribution < 1.29 is 19.4 Å². The minimum Gasteiger partial charge on any atom is -0.497 e. The fourth-order valence-corrected chi connectivity index (χ4v) is 1.28. The Hall–Kier alpha value is -2.24. The number of nitrogens with zero attached hydrogens (tertiary/aromatic N) is 1. The Bertz CT molecular complexity index is 447. The van der Waals surface area contributed by atoms with Crippen LogP contribution in [0, 0.1) is 0 Å². The number of ether oxygens (including phenoxy) is 1. The first-order valence-corrected chi connectivity index (χ1v) is 5.36. The molecule has 0 bridgehead atoms. The summed E-state index contributed by atoms with van der Waals surface area (Å²) in [5, 5.41) is 11.1. The molecule has 0 saturated carbocycles. The van der Waals surface area contributed by atoms with Crippen LogP contribution in [-0.2, 0) is 4.79 Å². The van der Waals surface area contributed by atoms with Crippen molar-refractivity contribution in [3.8, 4) is 5.75 Å². The summed E-state index contributed by atoms with van der Waals surface area (Å²) in [6.07, 6.45) is 0. The quantitative estimate of drug-likeness (QED) is 0.847. The second-order valence-electron chi connectivity index (χ2n) is 3.77. The Kier molecular flexibility index (Phi) is 4.53. The Morgan fingerprint density at radius 1 is 1.44 bits per heavy atom. The van der Waals surface area contributed by atoms with Gasteiger partial charge >= 0.3 is 12.0 Å². The third-order valence-electron chi connectivity index (χ3n) is 2.46. The van der Waals surface area contributed by atoms with Crippen LogP contribution in [0.15, 0.2) is 24.3 Å². The van der Waals surface area contributed by atoms with Crippen LogP contribution in [0.4, 0.5) is 10.5 Å². The van der Waals surface area contributed by atoms with E-state index in [1.165, 1.54) is 18.9 Å². The molecule has 6 heteroatoms. The Morgan fingerprint density at radius 2 is 2.11 bits per heavy atom. The van der Waals surface area contributed by atoms with Crippen molar-refractivity contribution in [2.45, 2.75) is 13.0 Å². The fourth-order valence-electron chi connectivity index (χ4n) is 1.28. The zero-order chi connectivity index (χ0) is 13.7. The first kappa shape index (κ1) is 13.8. The SMILES string of the molecule is COc1cccc(N(C)C(=O)NC(C)C(=O)O)c1. The molecule has 0 aromatic heterocycles. The van der Waals surface area contributed by atoms with Crippen molar-refractivity contribution in [3.63, 3.8) is 0 Å². The van der Waals surface area contributed by atoms with Gasteiger partial charge < -0.3 is 15.2 Å². The Balaban J connectivity index is 2.76. The highest BCUT2D eigenvalue weighted by Crippen LogP contribution is 2.19. The molecule has 2 amide bonds. The first-order chi connectivity index (χ1) is 8.45. The molecule has 2 N–H and O–H groups in total. The molecule has 1 aromatic rings. The largest absolute Gasteiger partial charge is 0.497 e. The molecule has 0 fully saturated rings. The number of anilines is 1. The summed E-state index contributed by atoms with van der Waals surface area (Å²) in [6, 6.07) is 5.50. The summed E-state index contributed by atoms with van der Waals surface area (Å²) in [5.41, 5.74) is 0.615. The second-order valence-corrected chi connectivity index (χ2v) is 3.77. The van der Waals surface area contributed by atoms with Gasteiger partial charge in [-0.25, -0.2) is 4.79 Å². The van der Waals surface area contributed by atoms with Gasteiger partial charge in [-0.15, -0.1) is 0 Å². The zero-order valence-corrected chi connectivity index (χ0v) is 10.5. The van der Waals surface area contributed by atoms with Gasteiger partial charge in [0.2, 0.25) is 0 Å². The van der Waals surface area contributed by atoms with Gasteiger partial charge in [-0.05, 0) is 19.1 Å². The number of carbonyl (C=O) groups excluding carboxylic acids is 1. The zero-order valence-electron chi connectivity index (χ0n) is 10.5. The third kappa shape index (κ3) is 3.38. The summed E-state index contributed by atoms with van der Waals surface area (Å²) < 4.78 is 5.05. The van der Waals surface area contributed by atoms with Crippen molar-refractivity contribution in [2.24, 2.45) is 0 Å². The highest BCUT2D eigenvalue weighted by Gasteiger charge is 2.17. The predicted octanol–water partition coefficient (Wildman–Crippen LogP) is 1.31. The molecule has 18 heavy (non-hydrogen) atoms. The highest BCUT2D eigenvalue weighted by molar-refractivity contribution is 5.94. The summed E-state index contributed by atoms with van der Waals surface area (Å²) in [6.45, 7) is 1.40. The molecule has 0 aliphatic carbocycles. The normalized spacial score (nSPS) is 11.5. The number of hydrogen-bond acceptors (Lipinski definition) is 3. The number of aliphatic carboxylic acids is 1. The fraction of sp³-hybridized carbons (Fsp3) is 0.333. The van der Waals surface area contributed by atoms with Crippen molar-refractivity contribution >= 4 is 17.7 Å². The van der Waals surface area contributed by atoms with E-state index < -0.39 is 18.0 Å². The molecule has 98 valence electrons. The van der Waals surface area contributed by atoms with E-state index in [-0.39, 0.29) is 0 Å². The second kappa shape index (κ2) is 5.90. The molecule has 0 heterocycles. The number of carboxylic acid groups (broad SMARTS) is 1. The van der Waals surface area contributed by atoms with E-state index in [0.717, 1.165) is 0 Å². The van der Waals surface area contributed by atoms with Crippen molar-refractivity contribution in [2.75, 3.05) is 19.1 Å². The molecule has 1 aromatic carbocycles. The number of urea groups is 1. The van der Waals surface area contributed by atoms with Gasteiger partial charge in [0.1, 0.15) is 11.8 Å². The van der Waals surface area contributed by atoms with E-state index in [1.54, 1.807) is 31.3 Å². The van der Waals surface area contributed by atoms with Crippen LogP contribution >= 0.6 is 0 Å². The van der Waals surface area contributed by atoms with E-state index in [1.807, 2.05) is 0 Å². The molecule has 6 nitrogen and oxygen atoms in total. The maximum atomic E-state index is 11.8. The summed E-state index contributed by atoms with van der Waals surface area (Å²) in [5.74, 6) is -0.458. The molecule has 1 atom stereocenters. The lowest BCUT2D eigenvalue weighted by Gasteiger charge is -2.20. The van der Waals surface area contributed by atoms with Crippen LogP contribution in [0.5, 0.6) is 5.75 Å². The van der Waals surface area contributed by atoms with Gasteiger partial charge in [0.25, 0.3) is 0 Å². The van der Waals surface area contributed by atoms with Gasteiger partial charge in [0, 0.05) is 18.8 Å². The molecule has 0 aliphatic rings. The number of nitrogens with one attached hydrogen (secondary N) is 1. The minimum atomic E-state index is -1.08. The van der Waals surface area contributed by atoms with Crippen LogP contribution in [0.2, 0.25) is 0 Å². The van der Waals surface area contributed by atoms with Gasteiger partial charge in [0.15, 0.2) is 0 Å². The maximum absolute atomic E-state index is 11.8. The predicted molar refractivity (Wildman–Crippen MR) is 67.0 cm³/mol. The van der Waals surface area contributed by atoms with Crippen LogP contribution < -0.4 is 15.0 Å². The van der Waals surface area contributed by atoms with Crippen molar-refractivity contribution in [1.29, 1.82) is 0 Å². The molecule has 1 unspecified atom stereocenters. The smallest absolute Gasteiger partial charge is 0.325 e. The standard InChI is InChI=1S/C12H16N2O4/c1-8(11(15)16)13-12(17)14(2)9-5-4-6-10(7-9)18-3/h4-8H,1-3H3,(H,13,17)(H,15,16). The first-order valence-electron chi connectivity index (χ1n) is 5.36. The molecule has 0 aliphatic heterocycles. The van der Waals surface area contributed by atoms with E-state index in [0.29, 0.717) is 11.4 Å². The molecule has 0 saturated heterocycles. The summed E-state index contributed by atoms with van der Waals surface area (Å²) in [4.78, 5) is 23.7. The van der Waals surface area contributed by atoms with Gasteiger partial charge in [-0.3, -0.25) is 9.69 Å². The van der Waals surface area contributed by atoms with Crippen LogP contribution in [0.3, 0.4) is 0 Å². The average molecular weight is 252 g/mol. The number of methoxy groups -OCH3 is 1. The number of benzene rings is 1.